The second-order valence-corrected chi connectivity index (χ2v) is 6.22. The molecule has 1 aromatic rings. The first kappa shape index (κ1) is 20.9. The zero-order chi connectivity index (χ0) is 19.4. The van der Waals surface area contributed by atoms with Gasteiger partial charge in [0.1, 0.15) is 11.7 Å². The molecular weight excluding hydrogens is 347 g/mol. The number of aromatic amines is 1. The van der Waals surface area contributed by atoms with Gasteiger partial charge in [-0.2, -0.15) is 13.2 Å². The van der Waals surface area contributed by atoms with Crippen LogP contribution in [0.15, 0.2) is 11.1 Å². The van der Waals surface area contributed by atoms with Crippen molar-refractivity contribution in [2.45, 2.75) is 51.2 Å². The van der Waals surface area contributed by atoms with Crippen LogP contribution in [0.3, 0.4) is 0 Å². The number of alkyl carbamates (subject to hydrolysis) is 1. The van der Waals surface area contributed by atoms with Crippen molar-refractivity contribution in [1.29, 1.82) is 0 Å². The number of alkyl halides is 3. The lowest BCUT2D eigenvalue weighted by Crippen LogP contribution is -2.36. The normalized spacial score (nSPS) is 14.7. The van der Waals surface area contributed by atoms with Crippen LogP contribution in [0.4, 0.5) is 18.0 Å². The minimum absolute atomic E-state index is 0.188. The van der Waals surface area contributed by atoms with Gasteiger partial charge < -0.3 is 25.3 Å². The number of aromatic nitrogens is 2. The summed E-state index contributed by atoms with van der Waals surface area (Å²) < 4.78 is 43.6. The molecule has 4 N–H and O–H groups in total. The summed E-state index contributed by atoms with van der Waals surface area (Å²) in [7, 11) is 0. The Kier molecular flexibility index (Phi) is 6.54. The van der Waals surface area contributed by atoms with Crippen molar-refractivity contribution in [3.8, 4) is 0 Å². The van der Waals surface area contributed by atoms with Crippen LogP contribution in [0.5, 0.6) is 0 Å². The molecule has 142 valence electrons. The summed E-state index contributed by atoms with van der Waals surface area (Å²) in [6, 6.07) is 0. The van der Waals surface area contributed by atoms with Crippen molar-refractivity contribution in [1.82, 2.24) is 15.3 Å². The van der Waals surface area contributed by atoms with Gasteiger partial charge >= 0.3 is 12.3 Å². The number of rotatable bonds is 5. The molecule has 0 aromatic carbocycles. The molecular formula is C14H20F3N3O5. The zero-order valence-electron chi connectivity index (χ0n) is 13.8. The Labute approximate surface area is 141 Å². The Hall–Kier alpha value is -2.14. The first-order valence-corrected chi connectivity index (χ1v) is 7.30. The third-order valence-corrected chi connectivity index (χ3v) is 2.93. The van der Waals surface area contributed by atoms with E-state index in [1.807, 2.05) is 4.98 Å². The molecule has 2 unspecified atom stereocenters. The lowest BCUT2D eigenvalue weighted by atomic mass is 10.0. The van der Waals surface area contributed by atoms with Gasteiger partial charge in [0, 0.05) is 6.54 Å². The molecule has 1 aromatic heterocycles. The molecule has 11 heteroatoms. The Bertz CT molecular complexity index is 654. The quantitative estimate of drug-likeness (QED) is 0.618. The number of amides is 1. The van der Waals surface area contributed by atoms with Crippen molar-refractivity contribution in [3.05, 3.63) is 27.9 Å². The fourth-order valence-electron chi connectivity index (χ4n) is 1.90. The van der Waals surface area contributed by atoms with E-state index in [9.17, 15) is 33.0 Å². The summed E-state index contributed by atoms with van der Waals surface area (Å²) in [4.78, 5) is 28.0. The van der Waals surface area contributed by atoms with Crippen LogP contribution in [-0.2, 0) is 10.9 Å². The molecule has 1 amide bonds. The number of aliphatic hydroxyl groups excluding tert-OH is 2. The van der Waals surface area contributed by atoms with Gasteiger partial charge in [0.05, 0.1) is 18.0 Å². The first-order chi connectivity index (χ1) is 11.3. The summed E-state index contributed by atoms with van der Waals surface area (Å²) >= 11 is 0. The number of nitrogens with one attached hydrogen (secondary N) is 2. The molecule has 0 saturated heterocycles. The monoisotopic (exact) mass is 367 g/mol. The van der Waals surface area contributed by atoms with Crippen LogP contribution < -0.4 is 10.9 Å². The second kappa shape index (κ2) is 7.83. The summed E-state index contributed by atoms with van der Waals surface area (Å²) in [5, 5.41) is 22.0. The topological polar surface area (TPSA) is 125 Å². The smallest absolute Gasteiger partial charge is 0.433 e. The van der Waals surface area contributed by atoms with E-state index < -0.39 is 46.9 Å². The van der Waals surface area contributed by atoms with Gasteiger partial charge in [-0.1, -0.05) is 0 Å². The van der Waals surface area contributed by atoms with Crippen molar-refractivity contribution in [2.75, 3.05) is 6.54 Å². The number of carbonyl (C=O) groups excluding carboxylic acids is 1. The average molecular weight is 367 g/mol. The minimum atomic E-state index is -4.97. The molecule has 0 aliphatic rings. The summed E-state index contributed by atoms with van der Waals surface area (Å²) in [6.45, 7) is 4.72. The molecule has 0 fully saturated rings. The number of aliphatic hydroxyl groups is 2. The Morgan fingerprint density at radius 1 is 1.36 bits per heavy atom. The lowest BCUT2D eigenvalue weighted by Gasteiger charge is -2.22. The first-order valence-electron chi connectivity index (χ1n) is 7.30. The predicted octanol–water partition coefficient (Wildman–Crippen LogP) is 1.10. The molecule has 1 rings (SSSR count). The van der Waals surface area contributed by atoms with Crippen LogP contribution in [0.2, 0.25) is 0 Å². The highest BCUT2D eigenvalue weighted by Crippen LogP contribution is 2.32. The number of carbonyl (C=O) groups is 1. The van der Waals surface area contributed by atoms with Crippen molar-refractivity contribution in [3.63, 3.8) is 0 Å². The molecule has 25 heavy (non-hydrogen) atoms. The third kappa shape index (κ3) is 6.35. The van der Waals surface area contributed by atoms with Crippen LogP contribution in [0.1, 0.15) is 44.6 Å². The van der Waals surface area contributed by atoms with Crippen LogP contribution in [-0.4, -0.2) is 44.5 Å². The van der Waals surface area contributed by atoms with E-state index in [4.69, 9.17) is 4.74 Å². The Morgan fingerprint density at radius 3 is 2.48 bits per heavy atom. The highest BCUT2D eigenvalue weighted by Gasteiger charge is 2.40. The average Bonchev–Trinajstić information content (AvgIpc) is 2.43. The largest absolute Gasteiger partial charge is 0.444 e. The molecule has 8 nitrogen and oxygen atoms in total. The van der Waals surface area contributed by atoms with E-state index in [1.54, 1.807) is 20.8 Å². The fraction of sp³-hybridized carbons (Fsp3) is 0.643. The van der Waals surface area contributed by atoms with E-state index in [0.29, 0.717) is 6.33 Å². The standard InChI is InChI=1S/C14H20F3N3O5/c1-13(2,3)25-12(24)18-5-4-7(21)9(22)8-10(14(15,16)17)19-6-20-11(8)23/h6-7,9,21-22H,4-5H2,1-3H3,(H,18,24)(H,19,20,23). The Morgan fingerprint density at radius 2 is 1.96 bits per heavy atom. The van der Waals surface area contributed by atoms with E-state index in [0.717, 1.165) is 0 Å². The van der Waals surface area contributed by atoms with E-state index in [-0.39, 0.29) is 13.0 Å². The van der Waals surface area contributed by atoms with Gasteiger partial charge in [0.2, 0.25) is 0 Å². The maximum Gasteiger partial charge on any atom is 0.433 e. The SMILES string of the molecule is CC(C)(C)OC(=O)NCCC(O)C(O)c1c(C(F)(F)F)nc[nH]c1=O. The molecule has 0 aliphatic carbocycles. The molecule has 0 aliphatic heterocycles. The molecule has 0 bridgehead atoms. The molecule has 2 atom stereocenters. The predicted molar refractivity (Wildman–Crippen MR) is 79.7 cm³/mol. The van der Waals surface area contributed by atoms with Crippen molar-refractivity contribution < 1.29 is 32.9 Å². The summed E-state index contributed by atoms with van der Waals surface area (Å²) in [5.41, 5.74) is -4.62. The van der Waals surface area contributed by atoms with Crippen molar-refractivity contribution >= 4 is 6.09 Å². The molecule has 0 radical (unpaired) electrons. The van der Waals surface area contributed by atoms with E-state index >= 15 is 0 Å². The number of ether oxygens (including phenoxy) is 1. The third-order valence-electron chi connectivity index (χ3n) is 2.93. The number of nitrogens with zero attached hydrogens (tertiary/aromatic N) is 1. The van der Waals surface area contributed by atoms with E-state index in [2.05, 4.69) is 10.3 Å². The van der Waals surface area contributed by atoms with Crippen LogP contribution >= 0.6 is 0 Å². The van der Waals surface area contributed by atoms with Gasteiger partial charge in [-0.3, -0.25) is 4.79 Å². The van der Waals surface area contributed by atoms with Crippen LogP contribution in [0, 0.1) is 0 Å². The lowest BCUT2D eigenvalue weighted by molar-refractivity contribution is -0.143. The van der Waals surface area contributed by atoms with Gasteiger partial charge in [-0.25, -0.2) is 9.78 Å². The highest BCUT2D eigenvalue weighted by atomic mass is 19.4. The highest BCUT2D eigenvalue weighted by molar-refractivity contribution is 5.67. The van der Waals surface area contributed by atoms with Crippen LogP contribution in [0.25, 0.3) is 0 Å². The Balaban J connectivity index is 2.77. The van der Waals surface area contributed by atoms with Gasteiger partial charge in [0.15, 0.2) is 5.69 Å². The van der Waals surface area contributed by atoms with Crippen molar-refractivity contribution in [2.24, 2.45) is 0 Å². The molecule has 1 heterocycles. The number of halogens is 3. The van der Waals surface area contributed by atoms with Gasteiger partial charge in [0.25, 0.3) is 5.56 Å². The number of H-pyrrole nitrogens is 1. The maximum atomic E-state index is 12.9. The number of hydrogen-bond donors (Lipinski definition) is 4. The summed E-state index contributed by atoms with van der Waals surface area (Å²) in [5.74, 6) is 0. The van der Waals surface area contributed by atoms with E-state index in [1.165, 1.54) is 0 Å². The van der Waals surface area contributed by atoms with Gasteiger partial charge in [-0.15, -0.1) is 0 Å². The fourth-order valence-corrected chi connectivity index (χ4v) is 1.90. The summed E-state index contributed by atoms with van der Waals surface area (Å²) in [6.07, 6.45) is -9.39. The second-order valence-electron chi connectivity index (χ2n) is 6.22. The maximum absolute atomic E-state index is 12.9. The number of hydrogen-bond acceptors (Lipinski definition) is 6. The molecule has 0 spiro atoms. The molecule has 0 saturated carbocycles. The van der Waals surface area contributed by atoms with Gasteiger partial charge in [-0.05, 0) is 27.2 Å². The minimum Gasteiger partial charge on any atom is -0.444 e. The zero-order valence-corrected chi connectivity index (χ0v) is 13.8.